The maximum atomic E-state index is 5.17. The molecule has 0 amide bonds. The summed E-state index contributed by atoms with van der Waals surface area (Å²) in [6, 6.07) is 0.749. The van der Waals surface area contributed by atoms with Crippen LogP contribution in [0.25, 0.3) is 6.08 Å². The largest absolute Gasteiger partial charge is 0.480 e. The standard InChI is InChI=1S/C12H19N3O2/c1-9(13-2)6-5-7-10-8-14-12(17-4)15-11(10)16-3/h5,7-9,13H,6H2,1-4H3. The molecule has 1 atom stereocenters. The minimum Gasteiger partial charge on any atom is -0.480 e. The molecule has 0 saturated carbocycles. The summed E-state index contributed by atoms with van der Waals surface area (Å²) in [7, 11) is 5.05. The molecule has 17 heavy (non-hydrogen) atoms. The van der Waals surface area contributed by atoms with E-state index in [1.54, 1.807) is 13.3 Å². The Balaban J connectivity index is 2.76. The van der Waals surface area contributed by atoms with Gasteiger partial charge in [0.25, 0.3) is 0 Å². The van der Waals surface area contributed by atoms with Gasteiger partial charge < -0.3 is 14.8 Å². The minimum atomic E-state index is 0.308. The van der Waals surface area contributed by atoms with Crippen LogP contribution in [0.5, 0.6) is 11.9 Å². The van der Waals surface area contributed by atoms with Gasteiger partial charge in [-0.05, 0) is 20.4 Å². The Morgan fingerprint density at radius 2 is 2.18 bits per heavy atom. The van der Waals surface area contributed by atoms with Gasteiger partial charge in [0.1, 0.15) is 0 Å². The van der Waals surface area contributed by atoms with Crippen LogP contribution in [0, 0.1) is 0 Å². The van der Waals surface area contributed by atoms with Gasteiger partial charge in [-0.25, -0.2) is 4.98 Å². The van der Waals surface area contributed by atoms with Crippen molar-refractivity contribution in [1.29, 1.82) is 0 Å². The molecule has 1 aromatic heterocycles. The molecule has 1 rings (SSSR count). The van der Waals surface area contributed by atoms with Gasteiger partial charge in [-0.1, -0.05) is 12.2 Å². The van der Waals surface area contributed by atoms with E-state index in [1.165, 1.54) is 7.11 Å². The predicted molar refractivity (Wildman–Crippen MR) is 67.3 cm³/mol. The Labute approximate surface area is 102 Å². The fourth-order valence-electron chi connectivity index (χ4n) is 1.25. The highest BCUT2D eigenvalue weighted by atomic mass is 16.5. The van der Waals surface area contributed by atoms with Crippen LogP contribution >= 0.6 is 0 Å². The number of nitrogens with zero attached hydrogens (tertiary/aromatic N) is 2. The van der Waals surface area contributed by atoms with E-state index >= 15 is 0 Å². The number of hydrogen-bond acceptors (Lipinski definition) is 5. The quantitative estimate of drug-likeness (QED) is 0.812. The molecule has 0 aliphatic heterocycles. The van der Waals surface area contributed by atoms with Crippen LogP contribution in [-0.4, -0.2) is 37.3 Å². The van der Waals surface area contributed by atoms with E-state index in [9.17, 15) is 0 Å². The van der Waals surface area contributed by atoms with Gasteiger partial charge in [-0.2, -0.15) is 4.98 Å². The molecule has 1 heterocycles. The first-order valence-electron chi connectivity index (χ1n) is 5.50. The fraction of sp³-hybridized carbons (Fsp3) is 0.500. The van der Waals surface area contributed by atoms with E-state index in [4.69, 9.17) is 9.47 Å². The smallest absolute Gasteiger partial charge is 0.319 e. The molecule has 0 bridgehead atoms. The van der Waals surface area contributed by atoms with Gasteiger partial charge in [-0.15, -0.1) is 0 Å². The predicted octanol–water partition coefficient (Wildman–Crippen LogP) is 1.50. The van der Waals surface area contributed by atoms with Gasteiger partial charge in [0, 0.05) is 12.2 Å². The van der Waals surface area contributed by atoms with E-state index in [0.717, 1.165) is 12.0 Å². The second kappa shape index (κ2) is 6.85. The highest BCUT2D eigenvalue weighted by molar-refractivity contribution is 5.53. The minimum absolute atomic E-state index is 0.308. The Hall–Kier alpha value is -1.62. The second-order valence-electron chi connectivity index (χ2n) is 3.65. The number of hydrogen-bond donors (Lipinski definition) is 1. The maximum absolute atomic E-state index is 5.17. The van der Waals surface area contributed by atoms with Gasteiger partial charge in [-0.3, -0.25) is 0 Å². The summed E-state index contributed by atoms with van der Waals surface area (Å²) < 4.78 is 10.1. The third kappa shape index (κ3) is 4.03. The fourth-order valence-corrected chi connectivity index (χ4v) is 1.25. The lowest BCUT2D eigenvalue weighted by atomic mass is 10.2. The molecule has 0 spiro atoms. The zero-order valence-electron chi connectivity index (χ0n) is 10.7. The van der Waals surface area contributed by atoms with Crippen LogP contribution in [0.15, 0.2) is 12.3 Å². The lowest BCUT2D eigenvalue weighted by Crippen LogP contribution is -2.19. The summed E-state index contributed by atoms with van der Waals surface area (Å²) >= 11 is 0. The number of methoxy groups -OCH3 is 2. The van der Waals surface area contributed by atoms with Gasteiger partial charge in [0.2, 0.25) is 5.88 Å². The van der Waals surface area contributed by atoms with E-state index in [2.05, 4.69) is 28.3 Å². The first kappa shape index (κ1) is 13.4. The van der Waals surface area contributed by atoms with E-state index in [1.807, 2.05) is 13.1 Å². The van der Waals surface area contributed by atoms with Crippen LogP contribution in [-0.2, 0) is 0 Å². The van der Waals surface area contributed by atoms with E-state index < -0.39 is 0 Å². The van der Waals surface area contributed by atoms with Crippen molar-refractivity contribution in [2.75, 3.05) is 21.3 Å². The molecular weight excluding hydrogens is 218 g/mol. The molecule has 0 aromatic carbocycles. The zero-order chi connectivity index (χ0) is 12.7. The van der Waals surface area contributed by atoms with Crippen molar-refractivity contribution in [3.05, 3.63) is 17.8 Å². The highest BCUT2D eigenvalue weighted by Gasteiger charge is 2.05. The highest BCUT2D eigenvalue weighted by Crippen LogP contribution is 2.18. The summed E-state index contributed by atoms with van der Waals surface area (Å²) in [5.41, 5.74) is 0.844. The molecule has 1 aromatic rings. The molecule has 5 nitrogen and oxygen atoms in total. The third-order valence-corrected chi connectivity index (χ3v) is 2.41. The molecule has 0 saturated heterocycles. The molecule has 1 unspecified atom stereocenters. The molecule has 0 aliphatic rings. The molecular formula is C12H19N3O2. The van der Waals surface area contributed by atoms with Crippen LogP contribution in [0.4, 0.5) is 0 Å². The zero-order valence-corrected chi connectivity index (χ0v) is 10.7. The lowest BCUT2D eigenvalue weighted by Gasteiger charge is -2.06. The average Bonchev–Trinajstić information content (AvgIpc) is 2.38. The number of ether oxygens (including phenoxy) is 2. The van der Waals surface area contributed by atoms with Gasteiger partial charge >= 0.3 is 6.01 Å². The van der Waals surface area contributed by atoms with Crippen LogP contribution in [0.1, 0.15) is 18.9 Å². The molecule has 0 fully saturated rings. The SMILES string of the molecule is CNC(C)CC=Cc1cnc(OC)nc1OC. The number of rotatable bonds is 6. The second-order valence-corrected chi connectivity index (χ2v) is 3.65. The number of nitrogens with one attached hydrogen (secondary N) is 1. The van der Waals surface area contributed by atoms with Gasteiger partial charge in [0.05, 0.1) is 19.8 Å². The number of aromatic nitrogens is 2. The summed E-state index contributed by atoms with van der Waals surface area (Å²) in [5, 5.41) is 3.16. The molecule has 1 N–H and O–H groups in total. The molecule has 0 aliphatic carbocycles. The molecule has 5 heteroatoms. The van der Waals surface area contributed by atoms with Crippen molar-refractivity contribution in [1.82, 2.24) is 15.3 Å². The Kier molecular flexibility index (Phi) is 5.42. The maximum Gasteiger partial charge on any atom is 0.319 e. The first-order chi connectivity index (χ1) is 8.21. The summed E-state index contributed by atoms with van der Waals surface area (Å²) in [4.78, 5) is 8.15. The van der Waals surface area contributed by atoms with E-state index in [0.29, 0.717) is 17.9 Å². The van der Waals surface area contributed by atoms with Crippen molar-refractivity contribution in [3.63, 3.8) is 0 Å². The Morgan fingerprint density at radius 1 is 1.41 bits per heavy atom. The van der Waals surface area contributed by atoms with Crippen LogP contribution < -0.4 is 14.8 Å². The van der Waals surface area contributed by atoms with Crippen molar-refractivity contribution < 1.29 is 9.47 Å². The Bertz CT molecular complexity index is 380. The van der Waals surface area contributed by atoms with Gasteiger partial charge in [0.15, 0.2) is 0 Å². The third-order valence-electron chi connectivity index (χ3n) is 2.41. The van der Waals surface area contributed by atoms with Crippen molar-refractivity contribution in [3.8, 4) is 11.9 Å². The summed E-state index contributed by atoms with van der Waals surface area (Å²) in [5.74, 6) is 0.519. The molecule has 0 radical (unpaired) electrons. The van der Waals surface area contributed by atoms with Crippen molar-refractivity contribution >= 4 is 6.08 Å². The topological polar surface area (TPSA) is 56.3 Å². The normalized spacial score (nSPS) is 12.7. The summed E-state index contributed by atoms with van der Waals surface area (Å²) in [6.45, 7) is 2.12. The lowest BCUT2D eigenvalue weighted by molar-refractivity contribution is 0.351. The van der Waals surface area contributed by atoms with Crippen molar-refractivity contribution in [2.24, 2.45) is 0 Å². The van der Waals surface area contributed by atoms with Crippen molar-refractivity contribution in [2.45, 2.75) is 19.4 Å². The average molecular weight is 237 g/mol. The monoisotopic (exact) mass is 237 g/mol. The summed E-state index contributed by atoms with van der Waals surface area (Å²) in [6.07, 6.45) is 6.64. The first-order valence-corrected chi connectivity index (χ1v) is 5.50. The Morgan fingerprint density at radius 3 is 2.76 bits per heavy atom. The molecule has 94 valence electrons. The van der Waals surface area contributed by atoms with Crippen LogP contribution in [0.2, 0.25) is 0 Å². The van der Waals surface area contributed by atoms with E-state index in [-0.39, 0.29) is 0 Å². The van der Waals surface area contributed by atoms with Crippen LogP contribution in [0.3, 0.4) is 0 Å².